The van der Waals surface area contributed by atoms with Gasteiger partial charge in [0.05, 0.1) is 12.6 Å². The summed E-state index contributed by atoms with van der Waals surface area (Å²) in [5.74, 6) is 2.11. The van der Waals surface area contributed by atoms with E-state index in [2.05, 4.69) is 34.7 Å². The molecule has 1 atom stereocenters. The second-order valence-electron chi connectivity index (χ2n) is 6.55. The number of hydrogen-bond acceptors (Lipinski definition) is 5. The van der Waals surface area contributed by atoms with E-state index in [-0.39, 0.29) is 6.04 Å². The van der Waals surface area contributed by atoms with Gasteiger partial charge in [-0.3, -0.25) is 0 Å². The van der Waals surface area contributed by atoms with Crippen molar-refractivity contribution in [2.45, 2.75) is 13.0 Å². The molecule has 0 aliphatic carbocycles. The molecule has 4 aromatic rings. The fourth-order valence-electron chi connectivity index (χ4n) is 3.10. The Hall–Kier alpha value is -3.60. The van der Waals surface area contributed by atoms with Crippen LogP contribution in [0.4, 0.5) is 17.5 Å². The highest BCUT2D eigenvalue weighted by molar-refractivity contribution is 5.90. The average molecular weight is 370 g/mol. The van der Waals surface area contributed by atoms with Gasteiger partial charge in [-0.15, -0.1) is 0 Å². The van der Waals surface area contributed by atoms with Crippen LogP contribution in [0.2, 0.25) is 0 Å². The number of fused-ring (bicyclic) bond motifs is 1. The predicted octanol–water partition coefficient (Wildman–Crippen LogP) is 5.56. The van der Waals surface area contributed by atoms with Crippen LogP contribution in [0.15, 0.2) is 78.9 Å². The Balaban J connectivity index is 1.69. The minimum atomic E-state index is 0.115. The summed E-state index contributed by atoms with van der Waals surface area (Å²) in [7, 11) is 1.65. The van der Waals surface area contributed by atoms with E-state index in [0.717, 1.165) is 28.2 Å². The molecule has 0 spiro atoms. The SMILES string of the molecule is COc1cccc(Nc2nc(N[C@@H](C)c3ccccc3)c3ccccc3n2)c1. The van der Waals surface area contributed by atoms with E-state index in [1.807, 2.05) is 66.7 Å². The number of ether oxygens (including phenoxy) is 1. The summed E-state index contributed by atoms with van der Waals surface area (Å²) in [4.78, 5) is 9.41. The number of hydrogen-bond donors (Lipinski definition) is 2. The van der Waals surface area contributed by atoms with Gasteiger partial charge in [0, 0.05) is 23.2 Å². The maximum absolute atomic E-state index is 5.29. The van der Waals surface area contributed by atoms with Crippen molar-refractivity contribution in [3.63, 3.8) is 0 Å². The highest BCUT2D eigenvalue weighted by Crippen LogP contribution is 2.27. The Morgan fingerprint density at radius 1 is 0.857 bits per heavy atom. The molecule has 0 unspecified atom stereocenters. The lowest BCUT2D eigenvalue weighted by Gasteiger charge is -2.17. The molecule has 2 N–H and O–H groups in total. The number of methoxy groups -OCH3 is 1. The molecule has 0 radical (unpaired) electrons. The van der Waals surface area contributed by atoms with E-state index in [1.165, 1.54) is 5.56 Å². The van der Waals surface area contributed by atoms with Crippen LogP contribution in [-0.4, -0.2) is 17.1 Å². The standard InChI is InChI=1S/C23H22N4O/c1-16(17-9-4-3-5-10-17)24-22-20-13-6-7-14-21(20)26-23(27-22)25-18-11-8-12-19(15-18)28-2/h3-16H,1-2H3,(H2,24,25,26,27)/t16-/m0/s1. The van der Waals surface area contributed by atoms with Crippen LogP contribution in [0.5, 0.6) is 5.75 Å². The van der Waals surface area contributed by atoms with Crippen molar-refractivity contribution in [2.24, 2.45) is 0 Å². The first-order valence-electron chi connectivity index (χ1n) is 9.22. The molecule has 1 heterocycles. The van der Waals surface area contributed by atoms with Crippen molar-refractivity contribution in [3.05, 3.63) is 84.4 Å². The van der Waals surface area contributed by atoms with E-state index in [1.54, 1.807) is 7.11 Å². The van der Waals surface area contributed by atoms with Gasteiger partial charge in [-0.25, -0.2) is 4.98 Å². The van der Waals surface area contributed by atoms with Crippen molar-refractivity contribution in [1.29, 1.82) is 0 Å². The molecule has 1 aromatic heterocycles. The molecule has 0 saturated carbocycles. The van der Waals surface area contributed by atoms with Gasteiger partial charge in [0.25, 0.3) is 0 Å². The van der Waals surface area contributed by atoms with E-state index < -0.39 is 0 Å². The molecule has 4 rings (SSSR count). The Kier molecular flexibility index (Phi) is 5.06. The smallest absolute Gasteiger partial charge is 0.229 e. The van der Waals surface area contributed by atoms with E-state index >= 15 is 0 Å². The summed E-state index contributed by atoms with van der Waals surface area (Å²) >= 11 is 0. The van der Waals surface area contributed by atoms with Crippen LogP contribution in [0.1, 0.15) is 18.5 Å². The number of benzene rings is 3. The van der Waals surface area contributed by atoms with Crippen LogP contribution < -0.4 is 15.4 Å². The average Bonchev–Trinajstić information content (AvgIpc) is 2.74. The quantitative estimate of drug-likeness (QED) is 0.466. The van der Waals surface area contributed by atoms with Crippen LogP contribution in [0.3, 0.4) is 0 Å². The number of nitrogens with zero attached hydrogens (tertiary/aromatic N) is 2. The monoisotopic (exact) mass is 370 g/mol. The molecule has 3 aromatic carbocycles. The van der Waals surface area contributed by atoms with Crippen LogP contribution in [0.25, 0.3) is 10.9 Å². The van der Waals surface area contributed by atoms with Gasteiger partial charge < -0.3 is 15.4 Å². The summed E-state index contributed by atoms with van der Waals surface area (Å²) in [5.41, 5.74) is 2.95. The molecule has 140 valence electrons. The van der Waals surface area contributed by atoms with Gasteiger partial charge in [0.2, 0.25) is 5.95 Å². The molecule has 28 heavy (non-hydrogen) atoms. The van der Waals surface area contributed by atoms with Crippen molar-refractivity contribution >= 4 is 28.4 Å². The zero-order valence-corrected chi connectivity index (χ0v) is 15.9. The fraction of sp³-hybridized carbons (Fsp3) is 0.130. The first-order valence-corrected chi connectivity index (χ1v) is 9.22. The third kappa shape index (κ3) is 3.88. The molecule has 5 heteroatoms. The second kappa shape index (κ2) is 7.96. The number of rotatable bonds is 6. The molecular formula is C23H22N4O. The third-order valence-corrected chi connectivity index (χ3v) is 4.58. The Labute approximate surface area is 164 Å². The largest absolute Gasteiger partial charge is 0.497 e. The third-order valence-electron chi connectivity index (χ3n) is 4.58. The molecular weight excluding hydrogens is 348 g/mol. The van der Waals surface area contributed by atoms with E-state index in [4.69, 9.17) is 9.72 Å². The molecule has 0 fully saturated rings. The minimum absolute atomic E-state index is 0.115. The normalized spacial score (nSPS) is 11.8. The van der Waals surface area contributed by atoms with E-state index in [9.17, 15) is 0 Å². The first-order chi connectivity index (χ1) is 13.7. The van der Waals surface area contributed by atoms with Crippen LogP contribution >= 0.6 is 0 Å². The lowest BCUT2D eigenvalue weighted by Crippen LogP contribution is -2.10. The van der Waals surface area contributed by atoms with Crippen molar-refractivity contribution in [3.8, 4) is 5.75 Å². The Morgan fingerprint density at radius 2 is 1.64 bits per heavy atom. The topological polar surface area (TPSA) is 59.1 Å². The lowest BCUT2D eigenvalue weighted by atomic mass is 10.1. The predicted molar refractivity (Wildman–Crippen MR) is 114 cm³/mol. The Morgan fingerprint density at radius 3 is 2.46 bits per heavy atom. The zero-order valence-electron chi connectivity index (χ0n) is 15.9. The van der Waals surface area contributed by atoms with Crippen molar-refractivity contribution < 1.29 is 4.74 Å². The molecule has 0 amide bonds. The molecule has 0 aliphatic heterocycles. The number of anilines is 3. The molecule has 0 aliphatic rings. The first kappa shape index (κ1) is 17.8. The summed E-state index contributed by atoms with van der Waals surface area (Å²) in [5, 5.41) is 7.80. The summed E-state index contributed by atoms with van der Waals surface area (Å²) in [6, 6.07) is 26.1. The fourth-order valence-corrected chi connectivity index (χ4v) is 3.10. The van der Waals surface area contributed by atoms with Crippen LogP contribution in [-0.2, 0) is 0 Å². The van der Waals surface area contributed by atoms with Crippen molar-refractivity contribution in [2.75, 3.05) is 17.7 Å². The highest BCUT2D eigenvalue weighted by Gasteiger charge is 2.12. The summed E-state index contributed by atoms with van der Waals surface area (Å²) in [6.07, 6.45) is 0. The van der Waals surface area contributed by atoms with Crippen molar-refractivity contribution in [1.82, 2.24) is 9.97 Å². The number of aromatic nitrogens is 2. The van der Waals surface area contributed by atoms with Crippen LogP contribution in [0, 0.1) is 0 Å². The van der Waals surface area contributed by atoms with E-state index in [0.29, 0.717) is 5.95 Å². The van der Waals surface area contributed by atoms with Gasteiger partial charge in [0.15, 0.2) is 0 Å². The highest BCUT2D eigenvalue weighted by atomic mass is 16.5. The van der Waals surface area contributed by atoms with Gasteiger partial charge in [-0.05, 0) is 36.8 Å². The molecule has 5 nitrogen and oxygen atoms in total. The minimum Gasteiger partial charge on any atom is -0.497 e. The van der Waals surface area contributed by atoms with Gasteiger partial charge in [-0.2, -0.15) is 4.98 Å². The maximum atomic E-state index is 5.29. The number of para-hydroxylation sites is 1. The zero-order chi connectivity index (χ0) is 19.3. The maximum Gasteiger partial charge on any atom is 0.229 e. The molecule has 0 saturated heterocycles. The Bertz CT molecular complexity index is 1080. The molecule has 0 bridgehead atoms. The van der Waals surface area contributed by atoms with Gasteiger partial charge >= 0.3 is 0 Å². The lowest BCUT2D eigenvalue weighted by molar-refractivity contribution is 0.415. The van der Waals surface area contributed by atoms with Gasteiger partial charge in [-0.1, -0.05) is 48.5 Å². The second-order valence-corrected chi connectivity index (χ2v) is 6.55. The summed E-state index contributed by atoms with van der Waals surface area (Å²) < 4.78 is 5.29. The summed E-state index contributed by atoms with van der Waals surface area (Å²) in [6.45, 7) is 2.13. The van der Waals surface area contributed by atoms with Gasteiger partial charge in [0.1, 0.15) is 11.6 Å². The number of nitrogens with one attached hydrogen (secondary N) is 2.